The average molecular weight is 464 g/mol. The molecule has 0 aliphatic heterocycles. The Balaban J connectivity index is 1.41. The molecule has 1 heterocycles. The number of hydrogen-bond acceptors (Lipinski definition) is 5. The topological polar surface area (TPSA) is 96.0 Å². The van der Waals surface area contributed by atoms with Gasteiger partial charge in [0.05, 0.1) is 22.1 Å². The van der Waals surface area contributed by atoms with Crippen LogP contribution in [0, 0.1) is 0 Å². The zero-order valence-electron chi connectivity index (χ0n) is 17.2. The van der Waals surface area contributed by atoms with Crippen LogP contribution in [0.4, 0.5) is 17.2 Å². The van der Waals surface area contributed by atoms with Crippen LogP contribution in [0.25, 0.3) is 11.0 Å². The van der Waals surface area contributed by atoms with Gasteiger partial charge >= 0.3 is 0 Å². The number of nitrogens with zero attached hydrogens (tertiary/aromatic N) is 2. The van der Waals surface area contributed by atoms with Gasteiger partial charge in [-0.2, -0.15) is 0 Å². The lowest BCUT2D eigenvalue weighted by molar-refractivity contribution is 0.601. The molecular weight excluding hydrogens is 442 g/mol. The maximum atomic E-state index is 12.7. The van der Waals surface area contributed by atoms with Crippen LogP contribution in [0.2, 0.25) is 0 Å². The molecule has 7 nitrogen and oxygen atoms in total. The Kier molecular flexibility index (Phi) is 6.29. The minimum Gasteiger partial charge on any atom is -0.332 e. The summed E-state index contributed by atoms with van der Waals surface area (Å²) in [5.74, 6) is 0.158. The van der Waals surface area contributed by atoms with E-state index in [1.807, 2.05) is 42.5 Å². The minimum absolute atomic E-state index is 0.104. The first-order valence-corrected chi connectivity index (χ1v) is 11.8. The van der Waals surface area contributed by atoms with E-state index in [0.717, 1.165) is 12.1 Å². The van der Waals surface area contributed by atoms with E-state index in [2.05, 4.69) is 32.2 Å². The number of nitrogens with one attached hydrogen (secondary N) is 3. The molecule has 0 atom stereocenters. The van der Waals surface area contributed by atoms with Crippen molar-refractivity contribution < 1.29 is 8.42 Å². The van der Waals surface area contributed by atoms with Crippen LogP contribution in [-0.4, -0.2) is 23.5 Å². The van der Waals surface area contributed by atoms with Crippen molar-refractivity contribution in [2.75, 3.05) is 15.4 Å². The summed E-state index contributed by atoms with van der Waals surface area (Å²) < 4.78 is 27.9. The van der Waals surface area contributed by atoms with Crippen LogP contribution >= 0.6 is 12.2 Å². The van der Waals surface area contributed by atoms with Gasteiger partial charge in [0.2, 0.25) is 0 Å². The molecule has 0 fully saturated rings. The molecule has 0 saturated heterocycles. The van der Waals surface area contributed by atoms with Gasteiger partial charge in [-0.1, -0.05) is 31.2 Å². The highest BCUT2D eigenvalue weighted by Gasteiger charge is 2.15. The molecule has 4 rings (SSSR count). The molecule has 162 valence electrons. The average Bonchev–Trinajstić information content (AvgIpc) is 2.79. The van der Waals surface area contributed by atoms with E-state index in [1.54, 1.807) is 18.2 Å². The molecule has 9 heteroatoms. The molecule has 32 heavy (non-hydrogen) atoms. The van der Waals surface area contributed by atoms with Gasteiger partial charge in [-0.15, -0.1) is 0 Å². The third-order valence-corrected chi connectivity index (χ3v) is 6.30. The Morgan fingerprint density at radius 3 is 2.09 bits per heavy atom. The van der Waals surface area contributed by atoms with Crippen molar-refractivity contribution in [3.8, 4) is 0 Å². The first-order chi connectivity index (χ1) is 15.4. The molecule has 4 aromatic rings. The highest BCUT2D eigenvalue weighted by molar-refractivity contribution is 7.92. The molecule has 0 saturated carbocycles. The zero-order chi connectivity index (χ0) is 22.6. The molecule has 0 bridgehead atoms. The zero-order valence-corrected chi connectivity index (χ0v) is 18.9. The lowest BCUT2D eigenvalue weighted by atomic mass is 10.1. The molecule has 3 aromatic carbocycles. The van der Waals surface area contributed by atoms with Crippen molar-refractivity contribution in [3.63, 3.8) is 0 Å². The highest BCUT2D eigenvalue weighted by atomic mass is 32.2. The van der Waals surface area contributed by atoms with Gasteiger partial charge in [-0.3, -0.25) is 9.71 Å². The van der Waals surface area contributed by atoms with E-state index in [9.17, 15) is 8.42 Å². The van der Waals surface area contributed by atoms with E-state index in [0.29, 0.717) is 21.8 Å². The van der Waals surface area contributed by atoms with Gasteiger partial charge in [0.1, 0.15) is 0 Å². The third-order valence-electron chi connectivity index (χ3n) is 4.73. The third kappa shape index (κ3) is 5.19. The predicted octanol–water partition coefficient (Wildman–Crippen LogP) is 4.80. The second kappa shape index (κ2) is 9.29. The number of para-hydroxylation sites is 2. The summed E-state index contributed by atoms with van der Waals surface area (Å²) >= 11 is 5.34. The summed E-state index contributed by atoms with van der Waals surface area (Å²) in [5, 5.41) is 6.57. The van der Waals surface area contributed by atoms with Crippen molar-refractivity contribution in [1.82, 2.24) is 9.97 Å². The largest absolute Gasteiger partial charge is 0.332 e. The summed E-state index contributed by atoms with van der Waals surface area (Å²) in [6, 6.07) is 21.5. The highest BCUT2D eigenvalue weighted by Crippen LogP contribution is 2.19. The number of rotatable bonds is 6. The minimum atomic E-state index is -3.81. The van der Waals surface area contributed by atoms with E-state index in [4.69, 9.17) is 12.2 Å². The number of benzene rings is 3. The van der Waals surface area contributed by atoms with Crippen LogP contribution in [0.5, 0.6) is 0 Å². The van der Waals surface area contributed by atoms with Crippen molar-refractivity contribution in [1.29, 1.82) is 0 Å². The van der Waals surface area contributed by atoms with Gasteiger partial charge in [-0.05, 0) is 72.7 Å². The standard InChI is InChI=1S/C23H21N5O2S2/c1-2-16-7-9-17(10-8-16)25-23(31)26-18-11-13-19(14-12-18)32(29,30)28-22-15-24-20-5-3-4-6-21(20)27-22/h3-15H,2H2,1H3,(H,27,28)(H2,25,26,31). The predicted molar refractivity (Wildman–Crippen MR) is 132 cm³/mol. The summed E-state index contributed by atoms with van der Waals surface area (Å²) in [5.41, 5.74) is 4.08. The number of thiocarbonyl (C=S) groups is 1. The summed E-state index contributed by atoms with van der Waals surface area (Å²) in [6.45, 7) is 2.10. The smallest absolute Gasteiger partial charge is 0.263 e. The second-order valence-electron chi connectivity index (χ2n) is 7.00. The molecule has 0 radical (unpaired) electrons. The maximum absolute atomic E-state index is 12.7. The summed E-state index contributed by atoms with van der Waals surface area (Å²) in [4.78, 5) is 8.64. The first kappa shape index (κ1) is 21.7. The van der Waals surface area contributed by atoms with Gasteiger partial charge in [0.25, 0.3) is 10.0 Å². The molecule has 0 aliphatic carbocycles. The van der Waals surface area contributed by atoms with Crippen LogP contribution in [0.3, 0.4) is 0 Å². The van der Waals surface area contributed by atoms with Gasteiger partial charge in [0.15, 0.2) is 10.9 Å². The van der Waals surface area contributed by atoms with E-state index in [1.165, 1.54) is 23.9 Å². The fraction of sp³-hybridized carbons (Fsp3) is 0.0870. The number of aryl methyl sites for hydroxylation is 1. The quantitative estimate of drug-likeness (QED) is 0.353. The Labute approximate surface area is 192 Å². The lowest BCUT2D eigenvalue weighted by Gasteiger charge is -2.12. The number of sulfonamides is 1. The molecule has 0 aliphatic rings. The number of anilines is 3. The monoisotopic (exact) mass is 463 g/mol. The van der Waals surface area contributed by atoms with Gasteiger partial charge < -0.3 is 10.6 Å². The molecule has 0 spiro atoms. The molecule has 3 N–H and O–H groups in total. The SMILES string of the molecule is CCc1ccc(NC(=S)Nc2ccc(S(=O)(=O)Nc3cnc4ccccc4n3)cc2)cc1. The first-order valence-electron chi connectivity index (χ1n) is 9.94. The fourth-order valence-corrected chi connectivity index (χ4v) is 4.26. The van der Waals surface area contributed by atoms with Crippen LogP contribution in [0.15, 0.2) is 83.9 Å². The van der Waals surface area contributed by atoms with Crippen molar-refractivity contribution >= 4 is 55.6 Å². The number of aromatic nitrogens is 2. The summed E-state index contributed by atoms with van der Waals surface area (Å²) in [7, 11) is -3.81. The molecule has 0 unspecified atom stereocenters. The van der Waals surface area contributed by atoms with Crippen molar-refractivity contribution in [3.05, 3.63) is 84.6 Å². The van der Waals surface area contributed by atoms with E-state index < -0.39 is 10.0 Å². The fourth-order valence-electron chi connectivity index (χ4n) is 3.04. The normalized spacial score (nSPS) is 11.2. The van der Waals surface area contributed by atoms with Crippen LogP contribution in [0.1, 0.15) is 12.5 Å². The Morgan fingerprint density at radius 1 is 0.875 bits per heavy atom. The van der Waals surface area contributed by atoms with Crippen molar-refractivity contribution in [2.45, 2.75) is 18.2 Å². The Morgan fingerprint density at radius 2 is 1.47 bits per heavy atom. The lowest BCUT2D eigenvalue weighted by Crippen LogP contribution is -2.19. The Bertz CT molecular complexity index is 1360. The Hall–Kier alpha value is -3.56. The second-order valence-corrected chi connectivity index (χ2v) is 9.09. The van der Waals surface area contributed by atoms with Crippen molar-refractivity contribution in [2.24, 2.45) is 0 Å². The van der Waals surface area contributed by atoms with Gasteiger partial charge in [-0.25, -0.2) is 13.4 Å². The van der Waals surface area contributed by atoms with Gasteiger partial charge in [0, 0.05) is 11.4 Å². The van der Waals surface area contributed by atoms with Crippen LogP contribution in [-0.2, 0) is 16.4 Å². The number of fused-ring (bicyclic) bond motifs is 1. The number of hydrogen-bond donors (Lipinski definition) is 3. The van der Waals surface area contributed by atoms with Crippen LogP contribution < -0.4 is 15.4 Å². The molecule has 1 aromatic heterocycles. The maximum Gasteiger partial charge on any atom is 0.263 e. The molecule has 0 amide bonds. The molecular formula is C23H21N5O2S2. The van der Waals surface area contributed by atoms with E-state index in [-0.39, 0.29) is 10.7 Å². The summed E-state index contributed by atoms with van der Waals surface area (Å²) in [6.07, 6.45) is 2.37. The van der Waals surface area contributed by atoms with E-state index >= 15 is 0 Å².